The third-order valence-electron chi connectivity index (χ3n) is 10.2. The molecule has 0 aliphatic heterocycles. The number of hydrogen-bond acceptors (Lipinski definition) is 0. The van der Waals surface area contributed by atoms with Crippen molar-refractivity contribution in [3.05, 3.63) is 134 Å². The van der Waals surface area contributed by atoms with E-state index in [2.05, 4.69) is 152 Å². The summed E-state index contributed by atoms with van der Waals surface area (Å²) in [6.45, 7) is 18.4. The zero-order valence-electron chi connectivity index (χ0n) is 26.9. The summed E-state index contributed by atoms with van der Waals surface area (Å²) in [5, 5.41) is 0. The molecule has 6 rings (SSSR count). The van der Waals surface area contributed by atoms with Crippen molar-refractivity contribution in [1.29, 1.82) is 0 Å². The van der Waals surface area contributed by atoms with E-state index in [0.717, 1.165) is 12.8 Å². The molecule has 0 saturated heterocycles. The maximum absolute atomic E-state index is 5.70. The van der Waals surface area contributed by atoms with Crippen molar-refractivity contribution >= 4 is 14.0 Å². The van der Waals surface area contributed by atoms with Crippen molar-refractivity contribution < 1.29 is 18.3 Å². The summed E-state index contributed by atoms with van der Waals surface area (Å²) in [5.41, 5.74) is 11.4. The number of hydrogen-bond donors (Lipinski definition) is 0. The number of benzene rings is 4. The molecule has 2 aliphatic carbocycles. The molecule has 0 spiro atoms. The van der Waals surface area contributed by atoms with Crippen molar-refractivity contribution in [3.63, 3.8) is 0 Å². The topological polar surface area (TPSA) is 0 Å². The molecule has 4 aromatic rings. The van der Waals surface area contributed by atoms with E-state index in [9.17, 15) is 0 Å². The van der Waals surface area contributed by atoms with Crippen molar-refractivity contribution in [2.24, 2.45) is 0 Å². The van der Waals surface area contributed by atoms with Crippen LogP contribution in [0.4, 0.5) is 0 Å². The monoisotopic (exact) mass is 628 g/mol. The normalized spacial score (nSPS) is 15.0. The van der Waals surface area contributed by atoms with Gasteiger partial charge in [-0.2, -0.15) is 0 Å². The summed E-state index contributed by atoms with van der Waals surface area (Å²) in [4.78, 5) is 0. The van der Waals surface area contributed by atoms with Gasteiger partial charge >= 0.3 is 256 Å². The van der Waals surface area contributed by atoms with Gasteiger partial charge in [-0.15, -0.1) is 0 Å². The van der Waals surface area contributed by atoms with Crippen LogP contribution in [0.2, 0.25) is 0 Å². The SMILES string of the molecule is [CH2]=[Zr]([C]1=CC=CC1)([c]1ccc(C(C)(C)C)cc1)([c]1ccc(C(C)(C)C)cc1)[c]1c(C)ccc2c1Cc1cc(C)ccc1-2. The fourth-order valence-corrected chi connectivity index (χ4v) is 24.2. The van der Waals surface area contributed by atoms with E-state index in [1.165, 1.54) is 54.3 Å². The Morgan fingerprint density at radius 3 is 1.71 bits per heavy atom. The number of rotatable bonds is 4. The Balaban J connectivity index is 1.76. The Bertz CT molecular complexity index is 1760. The van der Waals surface area contributed by atoms with Crippen molar-refractivity contribution in [3.8, 4) is 11.1 Å². The van der Waals surface area contributed by atoms with Gasteiger partial charge in [-0.05, 0) is 0 Å². The minimum atomic E-state index is -4.75. The first-order valence-electron chi connectivity index (χ1n) is 15.6. The average Bonchev–Trinajstić information content (AvgIpc) is 3.60. The van der Waals surface area contributed by atoms with Crippen molar-refractivity contribution in [1.82, 2.24) is 0 Å². The van der Waals surface area contributed by atoms with E-state index >= 15 is 0 Å². The molecule has 42 heavy (non-hydrogen) atoms. The van der Waals surface area contributed by atoms with E-state index in [0.29, 0.717) is 0 Å². The van der Waals surface area contributed by atoms with Crippen molar-refractivity contribution in [2.75, 3.05) is 0 Å². The Hall–Kier alpha value is -2.89. The molecule has 0 unspecified atom stereocenters. The molecule has 0 aromatic heterocycles. The predicted octanol–water partition coefficient (Wildman–Crippen LogP) is 8.71. The van der Waals surface area contributed by atoms with Gasteiger partial charge in [0.15, 0.2) is 0 Å². The van der Waals surface area contributed by atoms with Crippen LogP contribution in [0.5, 0.6) is 0 Å². The van der Waals surface area contributed by atoms with Gasteiger partial charge < -0.3 is 0 Å². The standard InChI is InChI=1S/C15H13.2C10H13.C5H5.CH2.Zr/c1-10-3-5-14-12(7-10)9-13-8-11(2)4-6-15(13)14;2*1-10(2,3)9-7-5-4-6-8-9;1-2-4-5-3-1;;/h3-7H,9H2,1-2H3;2*5-8H,1-3H3;1-3H,4H2;1H2;. The van der Waals surface area contributed by atoms with E-state index < -0.39 is 18.3 Å². The van der Waals surface area contributed by atoms with Crippen LogP contribution in [0, 0.1) is 13.8 Å². The van der Waals surface area contributed by atoms with Gasteiger partial charge in [0, 0.05) is 0 Å². The van der Waals surface area contributed by atoms with E-state index in [-0.39, 0.29) is 10.8 Å². The van der Waals surface area contributed by atoms with Crippen LogP contribution >= 0.6 is 0 Å². The average molecular weight is 630 g/mol. The molecular weight excluding hydrogens is 584 g/mol. The van der Waals surface area contributed by atoms with Gasteiger partial charge in [0.05, 0.1) is 0 Å². The number of fused-ring (bicyclic) bond motifs is 3. The first-order chi connectivity index (χ1) is 19.7. The summed E-state index contributed by atoms with van der Waals surface area (Å²) in [6, 6.07) is 31.2. The first-order valence-corrected chi connectivity index (χ1v) is 22.2. The van der Waals surface area contributed by atoms with Crippen LogP contribution in [-0.2, 0) is 35.5 Å². The third kappa shape index (κ3) is 4.30. The van der Waals surface area contributed by atoms with Crippen LogP contribution < -0.4 is 9.81 Å². The third-order valence-corrected chi connectivity index (χ3v) is 27.0. The Morgan fingerprint density at radius 2 is 1.21 bits per heavy atom. The predicted molar refractivity (Wildman–Crippen MR) is 182 cm³/mol. The Labute approximate surface area is 254 Å². The minimum absolute atomic E-state index is 0.0942. The second-order valence-electron chi connectivity index (χ2n) is 15.1. The van der Waals surface area contributed by atoms with Crippen LogP contribution in [-0.4, -0.2) is 4.21 Å². The van der Waals surface area contributed by atoms with Crippen molar-refractivity contribution in [2.45, 2.75) is 79.1 Å². The molecule has 0 bridgehead atoms. The van der Waals surface area contributed by atoms with E-state index in [4.69, 9.17) is 4.21 Å². The van der Waals surface area contributed by atoms with Gasteiger partial charge in [0.1, 0.15) is 0 Å². The molecule has 0 nitrogen and oxygen atoms in total. The van der Waals surface area contributed by atoms with E-state index in [1.54, 1.807) is 3.27 Å². The molecule has 0 saturated carbocycles. The number of aryl methyl sites for hydroxylation is 2. The number of allylic oxidation sites excluding steroid dienone is 4. The van der Waals surface area contributed by atoms with Gasteiger partial charge in [0.2, 0.25) is 0 Å². The zero-order valence-corrected chi connectivity index (χ0v) is 29.3. The Kier molecular flexibility index (Phi) is 6.83. The zero-order chi connectivity index (χ0) is 30.1. The molecule has 0 N–H and O–H groups in total. The molecule has 0 radical (unpaired) electrons. The van der Waals surface area contributed by atoms with Crippen LogP contribution in [0.25, 0.3) is 11.1 Å². The van der Waals surface area contributed by atoms with Crippen LogP contribution in [0.3, 0.4) is 0 Å². The molecule has 1 heteroatoms. The van der Waals surface area contributed by atoms with Crippen LogP contribution in [0.15, 0.2) is 100 Å². The molecule has 4 aromatic carbocycles. The summed E-state index contributed by atoms with van der Waals surface area (Å²) in [5.74, 6) is 0. The molecule has 0 heterocycles. The van der Waals surface area contributed by atoms with Gasteiger partial charge in [0.25, 0.3) is 0 Å². The summed E-state index contributed by atoms with van der Waals surface area (Å²) in [7, 11) is 0. The van der Waals surface area contributed by atoms with Gasteiger partial charge in [-0.1, -0.05) is 0 Å². The quantitative estimate of drug-likeness (QED) is 0.187. The van der Waals surface area contributed by atoms with Crippen LogP contribution in [0.1, 0.15) is 81.3 Å². The molecule has 214 valence electrons. The fraction of sp³-hybridized carbons (Fsp3) is 0.293. The molecule has 0 atom stereocenters. The summed E-state index contributed by atoms with van der Waals surface area (Å²) in [6.07, 6.45) is 8.99. The summed E-state index contributed by atoms with van der Waals surface area (Å²) >= 11 is -4.75. The van der Waals surface area contributed by atoms with E-state index in [1.807, 2.05) is 0 Å². The second kappa shape index (κ2) is 9.82. The molecular formula is C41H46Zr. The molecule has 0 amide bonds. The fourth-order valence-electron chi connectivity index (χ4n) is 7.81. The Morgan fingerprint density at radius 1 is 0.667 bits per heavy atom. The second-order valence-corrected chi connectivity index (χ2v) is 27.9. The maximum atomic E-state index is 5.70. The molecule has 0 fully saturated rings. The summed E-state index contributed by atoms with van der Waals surface area (Å²) < 4.78 is 11.7. The molecule has 2 aliphatic rings. The first kappa shape index (κ1) is 29.2. The van der Waals surface area contributed by atoms with Gasteiger partial charge in [-0.3, -0.25) is 0 Å². The van der Waals surface area contributed by atoms with Gasteiger partial charge in [-0.25, -0.2) is 0 Å².